The number of nitrogen functional groups attached to an aromatic ring is 1. The lowest BCUT2D eigenvalue weighted by atomic mass is 10.1. The van der Waals surface area contributed by atoms with Crippen LogP contribution >= 0.6 is 11.3 Å². The van der Waals surface area contributed by atoms with Crippen molar-refractivity contribution in [1.82, 2.24) is 9.97 Å². The molecule has 0 unspecified atom stereocenters. The van der Waals surface area contributed by atoms with Crippen molar-refractivity contribution in [2.45, 2.75) is 6.92 Å². The number of hydrogen-bond donors (Lipinski definition) is 2. The number of hydrogen-bond acceptors (Lipinski definition) is 5. The number of rotatable bonds is 2. The highest BCUT2D eigenvalue weighted by atomic mass is 32.1. The minimum atomic E-state index is -0.609. The molecule has 0 amide bonds. The summed E-state index contributed by atoms with van der Waals surface area (Å²) in [6, 6.07) is 10.9. The topological polar surface area (TPSA) is 63.8 Å². The van der Waals surface area contributed by atoms with Crippen molar-refractivity contribution in [3.63, 3.8) is 0 Å². The van der Waals surface area contributed by atoms with Gasteiger partial charge in [-0.25, -0.2) is 4.98 Å². The Morgan fingerprint density at radius 2 is 2.04 bits per heavy atom. The van der Waals surface area contributed by atoms with Crippen LogP contribution in [-0.2, 0) is 0 Å². The van der Waals surface area contributed by atoms with Gasteiger partial charge in [0.1, 0.15) is 5.82 Å². The number of thiophene rings is 1. The number of nitrogens with zero attached hydrogens (tertiary/aromatic N) is 2. The van der Waals surface area contributed by atoms with Crippen LogP contribution in [0.25, 0.3) is 21.0 Å². The van der Waals surface area contributed by atoms with Crippen LogP contribution in [0.2, 0.25) is 0 Å². The van der Waals surface area contributed by atoms with Gasteiger partial charge in [-0.2, -0.15) is 4.39 Å². The second-order valence-corrected chi connectivity index (χ2v) is 6.64. The number of nitrogens with two attached hydrogens (primary N) is 1. The van der Waals surface area contributed by atoms with Gasteiger partial charge in [0.2, 0.25) is 5.95 Å². The van der Waals surface area contributed by atoms with E-state index in [4.69, 9.17) is 5.73 Å². The Labute approximate surface area is 135 Å². The van der Waals surface area contributed by atoms with E-state index in [0.717, 1.165) is 16.6 Å². The average Bonchev–Trinajstić information content (AvgIpc) is 2.83. The molecule has 0 aliphatic rings. The Hall–Kier alpha value is -2.73. The third-order valence-electron chi connectivity index (χ3n) is 3.58. The molecule has 3 aromatic heterocycles. The van der Waals surface area contributed by atoms with Gasteiger partial charge < -0.3 is 11.1 Å². The normalized spacial score (nSPS) is 11.2. The standard InChI is InChI=1S/C17H13FN4S/c1-9-4-10-5-14-12(8-15(10)23-9)13(2-3-20-14)21-17-7-11(19)6-16(18)22-17/h2-8H,1H3,(H3,19,20,21,22). The number of halogens is 1. The van der Waals surface area contributed by atoms with Gasteiger partial charge in [0.05, 0.1) is 11.2 Å². The van der Waals surface area contributed by atoms with Crippen molar-refractivity contribution in [3.8, 4) is 0 Å². The Morgan fingerprint density at radius 1 is 1.17 bits per heavy atom. The van der Waals surface area contributed by atoms with Gasteiger partial charge in [0.25, 0.3) is 0 Å². The van der Waals surface area contributed by atoms with Crippen molar-refractivity contribution >= 4 is 49.5 Å². The van der Waals surface area contributed by atoms with Gasteiger partial charge in [0, 0.05) is 39.0 Å². The van der Waals surface area contributed by atoms with Crippen LogP contribution in [-0.4, -0.2) is 9.97 Å². The lowest BCUT2D eigenvalue weighted by molar-refractivity contribution is 0.586. The predicted molar refractivity (Wildman–Crippen MR) is 93.8 cm³/mol. The van der Waals surface area contributed by atoms with Crippen LogP contribution in [0.5, 0.6) is 0 Å². The number of anilines is 3. The molecule has 0 saturated heterocycles. The van der Waals surface area contributed by atoms with E-state index < -0.39 is 5.95 Å². The first kappa shape index (κ1) is 13.9. The lowest BCUT2D eigenvalue weighted by Crippen LogP contribution is -1.98. The van der Waals surface area contributed by atoms with Crippen LogP contribution in [0.4, 0.5) is 21.6 Å². The fourth-order valence-electron chi connectivity index (χ4n) is 2.64. The van der Waals surface area contributed by atoms with Crippen LogP contribution in [0, 0.1) is 12.9 Å². The summed E-state index contributed by atoms with van der Waals surface area (Å²) >= 11 is 1.74. The lowest BCUT2D eigenvalue weighted by Gasteiger charge is -2.09. The number of pyridine rings is 2. The predicted octanol–water partition coefficient (Wildman–Crippen LogP) is 4.62. The smallest absolute Gasteiger partial charge is 0.216 e. The van der Waals surface area contributed by atoms with E-state index in [1.807, 2.05) is 6.07 Å². The minimum absolute atomic E-state index is 0.328. The molecule has 23 heavy (non-hydrogen) atoms. The van der Waals surface area contributed by atoms with Gasteiger partial charge in [-0.3, -0.25) is 4.98 Å². The zero-order valence-corrected chi connectivity index (χ0v) is 13.1. The summed E-state index contributed by atoms with van der Waals surface area (Å²) < 4.78 is 14.6. The zero-order chi connectivity index (χ0) is 16.0. The van der Waals surface area contributed by atoms with Crippen LogP contribution < -0.4 is 11.1 Å². The molecule has 0 atom stereocenters. The van der Waals surface area contributed by atoms with E-state index in [-0.39, 0.29) is 0 Å². The van der Waals surface area contributed by atoms with E-state index in [1.165, 1.54) is 21.0 Å². The Morgan fingerprint density at radius 3 is 2.87 bits per heavy atom. The third-order valence-corrected chi connectivity index (χ3v) is 4.60. The molecular formula is C17H13FN4S. The van der Waals surface area contributed by atoms with Gasteiger partial charge in [-0.1, -0.05) is 0 Å². The molecule has 6 heteroatoms. The summed E-state index contributed by atoms with van der Waals surface area (Å²) in [7, 11) is 0. The maximum atomic E-state index is 13.4. The van der Waals surface area contributed by atoms with Crippen molar-refractivity contribution in [2.24, 2.45) is 0 Å². The summed E-state index contributed by atoms with van der Waals surface area (Å²) in [5.74, 6) is -0.236. The fourth-order valence-corrected chi connectivity index (χ4v) is 3.58. The molecule has 0 bridgehead atoms. The Bertz CT molecular complexity index is 1020. The first-order valence-corrected chi connectivity index (χ1v) is 7.89. The van der Waals surface area contributed by atoms with E-state index >= 15 is 0 Å². The zero-order valence-electron chi connectivity index (χ0n) is 12.3. The summed E-state index contributed by atoms with van der Waals surface area (Å²) in [5.41, 5.74) is 7.70. The molecule has 4 rings (SSSR count). The molecule has 0 spiro atoms. The summed E-state index contributed by atoms with van der Waals surface area (Å²) in [6.07, 6.45) is 1.72. The number of benzene rings is 1. The molecule has 0 saturated carbocycles. The van der Waals surface area contributed by atoms with Crippen molar-refractivity contribution in [3.05, 3.63) is 53.4 Å². The maximum absolute atomic E-state index is 13.4. The van der Waals surface area contributed by atoms with E-state index in [2.05, 4.69) is 40.4 Å². The van der Waals surface area contributed by atoms with Gasteiger partial charge in [-0.05, 0) is 36.6 Å². The van der Waals surface area contributed by atoms with Crippen molar-refractivity contribution in [1.29, 1.82) is 0 Å². The molecule has 4 nitrogen and oxygen atoms in total. The average molecular weight is 324 g/mol. The SMILES string of the molecule is Cc1cc2cc3nccc(Nc4cc(N)cc(F)n4)c3cc2s1. The number of fused-ring (bicyclic) bond motifs is 2. The third kappa shape index (κ3) is 2.57. The van der Waals surface area contributed by atoms with Gasteiger partial charge in [-0.15, -0.1) is 11.3 Å². The minimum Gasteiger partial charge on any atom is -0.398 e. The summed E-state index contributed by atoms with van der Waals surface area (Å²) in [4.78, 5) is 9.50. The molecule has 114 valence electrons. The maximum Gasteiger partial charge on any atom is 0.216 e. The molecule has 0 radical (unpaired) electrons. The number of nitrogens with one attached hydrogen (secondary N) is 1. The Balaban J connectivity index is 1.87. The largest absolute Gasteiger partial charge is 0.398 e. The monoisotopic (exact) mass is 324 g/mol. The van der Waals surface area contributed by atoms with Gasteiger partial charge in [0.15, 0.2) is 0 Å². The highest BCUT2D eigenvalue weighted by Crippen LogP contribution is 2.33. The number of aryl methyl sites for hydroxylation is 1. The molecule has 4 aromatic rings. The van der Waals surface area contributed by atoms with Crippen LogP contribution in [0.3, 0.4) is 0 Å². The summed E-state index contributed by atoms with van der Waals surface area (Å²) in [6.45, 7) is 2.08. The van der Waals surface area contributed by atoms with Crippen molar-refractivity contribution in [2.75, 3.05) is 11.1 Å². The highest BCUT2D eigenvalue weighted by molar-refractivity contribution is 7.19. The second-order valence-electron chi connectivity index (χ2n) is 5.36. The summed E-state index contributed by atoms with van der Waals surface area (Å²) in [5, 5.41) is 5.28. The Kier molecular flexibility index (Phi) is 3.12. The quantitative estimate of drug-likeness (QED) is 0.528. The number of aromatic nitrogens is 2. The van der Waals surface area contributed by atoms with E-state index in [0.29, 0.717) is 11.5 Å². The molecule has 0 aliphatic heterocycles. The molecule has 0 aliphatic carbocycles. The first-order valence-electron chi connectivity index (χ1n) is 7.07. The molecule has 3 heterocycles. The van der Waals surface area contributed by atoms with Crippen LogP contribution in [0.1, 0.15) is 4.88 Å². The highest BCUT2D eigenvalue weighted by Gasteiger charge is 2.08. The van der Waals surface area contributed by atoms with Gasteiger partial charge >= 0.3 is 0 Å². The first-order chi connectivity index (χ1) is 11.1. The molecule has 1 aromatic carbocycles. The molecule has 0 fully saturated rings. The van der Waals surface area contributed by atoms with E-state index in [1.54, 1.807) is 23.6 Å². The molecular weight excluding hydrogens is 311 g/mol. The van der Waals surface area contributed by atoms with E-state index in [9.17, 15) is 4.39 Å². The molecule has 3 N–H and O–H groups in total. The second kappa shape index (κ2) is 5.17. The van der Waals surface area contributed by atoms with Crippen molar-refractivity contribution < 1.29 is 4.39 Å². The van der Waals surface area contributed by atoms with Crippen LogP contribution in [0.15, 0.2) is 42.6 Å². The fraction of sp³-hybridized carbons (Fsp3) is 0.0588.